The van der Waals surface area contributed by atoms with E-state index in [4.69, 9.17) is 5.73 Å². The van der Waals surface area contributed by atoms with Crippen molar-refractivity contribution in [1.29, 1.82) is 0 Å². The summed E-state index contributed by atoms with van der Waals surface area (Å²) in [6.45, 7) is 4.13. The van der Waals surface area contributed by atoms with Crippen LogP contribution in [-0.2, 0) is 11.2 Å². The number of carbonyl (C=O) groups is 1. The van der Waals surface area contributed by atoms with Gasteiger partial charge < -0.3 is 11.1 Å². The fourth-order valence-corrected chi connectivity index (χ4v) is 2.08. The van der Waals surface area contributed by atoms with Gasteiger partial charge in [0.05, 0.1) is 0 Å². The molecule has 2 aromatic rings. The molecule has 1 unspecified atom stereocenters. The second kappa shape index (κ2) is 6.24. The first-order chi connectivity index (χ1) is 9.60. The van der Waals surface area contributed by atoms with Crippen LogP contribution in [-0.4, -0.2) is 5.91 Å². The summed E-state index contributed by atoms with van der Waals surface area (Å²) in [7, 11) is 0. The molecule has 0 aliphatic carbocycles. The summed E-state index contributed by atoms with van der Waals surface area (Å²) in [4.78, 5) is 11.7. The molecule has 3 nitrogen and oxygen atoms in total. The summed E-state index contributed by atoms with van der Waals surface area (Å²) in [5.41, 5.74) is 9.71. The van der Waals surface area contributed by atoms with E-state index in [0.29, 0.717) is 0 Å². The van der Waals surface area contributed by atoms with Crippen LogP contribution in [0.3, 0.4) is 0 Å². The van der Waals surface area contributed by atoms with Gasteiger partial charge in [-0.3, -0.25) is 4.79 Å². The summed E-state index contributed by atoms with van der Waals surface area (Å²) < 4.78 is 0. The van der Waals surface area contributed by atoms with E-state index in [1.165, 1.54) is 11.1 Å². The molecule has 0 bridgehead atoms. The highest BCUT2D eigenvalue weighted by Gasteiger charge is 2.17. The van der Waals surface area contributed by atoms with Crippen molar-refractivity contribution in [3.8, 4) is 0 Å². The van der Waals surface area contributed by atoms with Gasteiger partial charge in [0.25, 0.3) is 0 Å². The standard InChI is InChI=1S/C17H20N2O/c1-3-13-6-8-14(9-7-13)16(17(18)20)19-15-10-4-12(2)5-11-15/h4-11,16,19H,3H2,1-2H3,(H2,18,20). The van der Waals surface area contributed by atoms with Crippen LogP contribution in [0.1, 0.15) is 29.7 Å². The number of anilines is 1. The zero-order valence-electron chi connectivity index (χ0n) is 11.9. The van der Waals surface area contributed by atoms with E-state index < -0.39 is 6.04 Å². The van der Waals surface area contributed by atoms with Crippen molar-refractivity contribution in [2.24, 2.45) is 5.73 Å². The maximum Gasteiger partial charge on any atom is 0.244 e. The monoisotopic (exact) mass is 268 g/mol. The fourth-order valence-electron chi connectivity index (χ4n) is 2.08. The SMILES string of the molecule is CCc1ccc(C(Nc2ccc(C)cc2)C(N)=O)cc1. The number of hydrogen-bond acceptors (Lipinski definition) is 2. The maximum absolute atomic E-state index is 11.7. The molecule has 104 valence electrons. The Morgan fingerprint density at radius 1 is 1.10 bits per heavy atom. The van der Waals surface area contributed by atoms with Crippen LogP contribution in [0.25, 0.3) is 0 Å². The Balaban J connectivity index is 2.22. The predicted octanol–water partition coefficient (Wildman–Crippen LogP) is 3.20. The zero-order valence-corrected chi connectivity index (χ0v) is 11.9. The van der Waals surface area contributed by atoms with Crippen LogP contribution in [0.2, 0.25) is 0 Å². The molecule has 0 fully saturated rings. The highest BCUT2D eigenvalue weighted by atomic mass is 16.1. The number of carbonyl (C=O) groups excluding carboxylic acids is 1. The second-order valence-electron chi connectivity index (χ2n) is 4.94. The van der Waals surface area contributed by atoms with Crippen LogP contribution in [0.4, 0.5) is 5.69 Å². The number of nitrogens with one attached hydrogen (secondary N) is 1. The molecule has 3 N–H and O–H groups in total. The molecule has 0 saturated heterocycles. The first-order valence-electron chi connectivity index (χ1n) is 6.81. The van der Waals surface area contributed by atoms with Crippen molar-refractivity contribution in [2.45, 2.75) is 26.3 Å². The molecule has 0 heterocycles. The Labute approximate surface area is 119 Å². The van der Waals surface area contributed by atoms with Crippen LogP contribution >= 0.6 is 0 Å². The third kappa shape index (κ3) is 3.38. The van der Waals surface area contributed by atoms with E-state index >= 15 is 0 Å². The van der Waals surface area contributed by atoms with Gasteiger partial charge in [-0.15, -0.1) is 0 Å². The Morgan fingerprint density at radius 3 is 2.20 bits per heavy atom. The van der Waals surface area contributed by atoms with Crippen molar-refractivity contribution >= 4 is 11.6 Å². The van der Waals surface area contributed by atoms with E-state index in [9.17, 15) is 4.79 Å². The third-order valence-electron chi connectivity index (χ3n) is 3.37. The highest BCUT2D eigenvalue weighted by molar-refractivity contribution is 5.84. The minimum absolute atomic E-state index is 0.380. The van der Waals surface area contributed by atoms with E-state index in [2.05, 4.69) is 12.2 Å². The van der Waals surface area contributed by atoms with E-state index in [-0.39, 0.29) is 5.91 Å². The summed E-state index contributed by atoms with van der Waals surface area (Å²) >= 11 is 0. The molecule has 1 atom stereocenters. The first kappa shape index (κ1) is 14.1. The lowest BCUT2D eigenvalue weighted by Gasteiger charge is -2.17. The van der Waals surface area contributed by atoms with Gasteiger partial charge in [0.1, 0.15) is 6.04 Å². The third-order valence-corrected chi connectivity index (χ3v) is 3.37. The van der Waals surface area contributed by atoms with Crippen molar-refractivity contribution in [3.05, 3.63) is 65.2 Å². The van der Waals surface area contributed by atoms with Crippen molar-refractivity contribution in [1.82, 2.24) is 0 Å². The summed E-state index contributed by atoms with van der Waals surface area (Å²) in [6, 6.07) is 15.4. The van der Waals surface area contributed by atoms with Gasteiger partial charge >= 0.3 is 0 Å². The van der Waals surface area contributed by atoms with Gasteiger partial charge in [0.15, 0.2) is 0 Å². The number of amides is 1. The van der Waals surface area contributed by atoms with E-state index in [1.807, 2.05) is 55.5 Å². The molecule has 20 heavy (non-hydrogen) atoms. The smallest absolute Gasteiger partial charge is 0.244 e. The number of aryl methyl sites for hydroxylation is 2. The molecule has 0 spiro atoms. The van der Waals surface area contributed by atoms with Gasteiger partial charge in [-0.25, -0.2) is 0 Å². The normalized spacial score (nSPS) is 11.9. The number of hydrogen-bond donors (Lipinski definition) is 2. The van der Waals surface area contributed by atoms with Gasteiger partial charge in [0.2, 0.25) is 5.91 Å². The molecule has 2 rings (SSSR count). The Kier molecular flexibility index (Phi) is 4.41. The van der Waals surface area contributed by atoms with E-state index in [1.54, 1.807) is 0 Å². The van der Waals surface area contributed by atoms with Crippen molar-refractivity contribution in [2.75, 3.05) is 5.32 Å². The van der Waals surface area contributed by atoms with Crippen LogP contribution in [0, 0.1) is 6.92 Å². The van der Waals surface area contributed by atoms with Gasteiger partial charge in [-0.1, -0.05) is 48.9 Å². The van der Waals surface area contributed by atoms with Crippen LogP contribution < -0.4 is 11.1 Å². The predicted molar refractivity (Wildman–Crippen MR) is 82.6 cm³/mol. The number of rotatable bonds is 5. The fraction of sp³-hybridized carbons (Fsp3) is 0.235. The first-order valence-corrected chi connectivity index (χ1v) is 6.81. The van der Waals surface area contributed by atoms with Gasteiger partial charge in [-0.05, 0) is 36.6 Å². The summed E-state index contributed by atoms with van der Waals surface area (Å²) in [6.07, 6.45) is 0.979. The minimum Gasteiger partial charge on any atom is -0.370 e. The number of benzene rings is 2. The number of primary amides is 1. The lowest BCUT2D eigenvalue weighted by atomic mass is 10.0. The van der Waals surface area contributed by atoms with Gasteiger partial charge in [0, 0.05) is 5.69 Å². The molecule has 0 aromatic heterocycles. The Bertz CT molecular complexity index is 573. The topological polar surface area (TPSA) is 55.1 Å². The average molecular weight is 268 g/mol. The average Bonchev–Trinajstić information content (AvgIpc) is 2.46. The minimum atomic E-state index is -0.511. The van der Waals surface area contributed by atoms with Crippen molar-refractivity contribution in [3.63, 3.8) is 0 Å². The lowest BCUT2D eigenvalue weighted by molar-refractivity contribution is -0.118. The molecular formula is C17H20N2O. The quantitative estimate of drug-likeness (QED) is 0.875. The van der Waals surface area contributed by atoms with Gasteiger partial charge in [-0.2, -0.15) is 0 Å². The largest absolute Gasteiger partial charge is 0.370 e. The number of nitrogens with two attached hydrogens (primary N) is 1. The molecule has 1 amide bonds. The molecule has 2 aromatic carbocycles. The summed E-state index contributed by atoms with van der Waals surface area (Å²) in [5, 5.41) is 3.18. The molecule has 0 aliphatic rings. The molecule has 0 saturated carbocycles. The van der Waals surface area contributed by atoms with Crippen LogP contribution in [0.15, 0.2) is 48.5 Å². The molecular weight excluding hydrogens is 248 g/mol. The van der Waals surface area contributed by atoms with Crippen LogP contribution in [0.5, 0.6) is 0 Å². The Morgan fingerprint density at radius 2 is 1.70 bits per heavy atom. The molecule has 0 radical (unpaired) electrons. The highest BCUT2D eigenvalue weighted by Crippen LogP contribution is 2.20. The molecule has 0 aliphatic heterocycles. The second-order valence-corrected chi connectivity index (χ2v) is 4.94. The summed E-state index contributed by atoms with van der Waals surface area (Å²) in [5.74, 6) is -0.380. The maximum atomic E-state index is 11.7. The molecule has 3 heteroatoms. The lowest BCUT2D eigenvalue weighted by Crippen LogP contribution is -2.27. The van der Waals surface area contributed by atoms with E-state index in [0.717, 1.165) is 17.7 Å². The zero-order chi connectivity index (χ0) is 14.5. The Hall–Kier alpha value is -2.29. The van der Waals surface area contributed by atoms with Crippen molar-refractivity contribution < 1.29 is 4.79 Å².